The molecule has 140 valence electrons. The lowest BCUT2D eigenvalue weighted by atomic mass is 10.1. The first-order valence-electron chi connectivity index (χ1n) is 8.09. The maximum absolute atomic E-state index is 13.3. The highest BCUT2D eigenvalue weighted by atomic mass is 32.2. The van der Waals surface area contributed by atoms with E-state index in [0.717, 1.165) is 22.2 Å². The molecule has 28 heavy (non-hydrogen) atoms. The number of thiazole rings is 1. The van der Waals surface area contributed by atoms with E-state index in [1.54, 1.807) is 23.8 Å². The fourth-order valence-corrected chi connectivity index (χ4v) is 4.07. The van der Waals surface area contributed by atoms with Crippen molar-refractivity contribution in [2.75, 3.05) is 5.75 Å². The number of hydrogen-bond acceptors (Lipinski definition) is 6. The Morgan fingerprint density at radius 1 is 1.21 bits per heavy atom. The summed E-state index contributed by atoms with van der Waals surface area (Å²) in [6, 6.07) is 10.7. The van der Waals surface area contributed by atoms with Crippen molar-refractivity contribution >= 4 is 40.0 Å². The molecule has 4 aromatic rings. The molecule has 0 unspecified atom stereocenters. The summed E-state index contributed by atoms with van der Waals surface area (Å²) in [6.07, 6.45) is 1.73. The van der Waals surface area contributed by atoms with Crippen LogP contribution in [0.3, 0.4) is 0 Å². The lowest BCUT2D eigenvalue weighted by Crippen LogP contribution is -2.22. The zero-order chi connectivity index (χ0) is 19.7. The molecule has 0 amide bonds. The molecule has 0 atom stereocenters. The van der Waals surface area contributed by atoms with Crippen LogP contribution in [-0.4, -0.2) is 31.4 Å². The number of carboxylic acids is 1. The lowest BCUT2D eigenvalue weighted by Gasteiger charge is -2.13. The van der Waals surface area contributed by atoms with E-state index >= 15 is 0 Å². The number of aliphatic carboxylic acids is 1. The normalized spacial score (nSPS) is 11.0. The van der Waals surface area contributed by atoms with E-state index in [9.17, 15) is 14.0 Å². The van der Waals surface area contributed by atoms with Crippen molar-refractivity contribution in [2.24, 2.45) is 0 Å². The number of carbonyl (C=O) groups is 1. The van der Waals surface area contributed by atoms with Gasteiger partial charge in [0, 0.05) is 6.20 Å². The molecular formula is C19H12FN3O3S2. The topological polar surface area (TPSA) is 85.1 Å². The molecule has 1 N–H and O–H groups in total. The smallest absolute Gasteiger partial charge is 0.313 e. The van der Waals surface area contributed by atoms with Gasteiger partial charge in [0.1, 0.15) is 5.82 Å². The van der Waals surface area contributed by atoms with E-state index in [1.165, 1.54) is 40.2 Å². The predicted octanol–water partition coefficient (Wildman–Crippen LogP) is 3.83. The van der Waals surface area contributed by atoms with E-state index in [2.05, 4.69) is 9.97 Å². The standard InChI is InChI=1S/C19H12FN3O3S2/c20-12-2-4-13(5-3-12)23-18(26)14-6-1-11(16-8-21-10-28-16)7-15(14)22-19(23)27-9-17(24)25/h1-8,10H,9H2,(H,24,25). The number of thioether (sulfide) groups is 1. The maximum Gasteiger partial charge on any atom is 0.313 e. The summed E-state index contributed by atoms with van der Waals surface area (Å²) in [5, 5.41) is 9.65. The van der Waals surface area contributed by atoms with Gasteiger partial charge in [-0.15, -0.1) is 11.3 Å². The zero-order valence-electron chi connectivity index (χ0n) is 14.2. The molecule has 0 saturated heterocycles. The number of hydrogen-bond donors (Lipinski definition) is 1. The molecule has 0 aliphatic heterocycles. The average molecular weight is 413 g/mol. The van der Waals surface area contributed by atoms with Crippen molar-refractivity contribution < 1.29 is 14.3 Å². The quantitative estimate of drug-likeness (QED) is 0.395. The average Bonchev–Trinajstić information content (AvgIpc) is 3.22. The second-order valence-corrected chi connectivity index (χ2v) is 7.62. The van der Waals surface area contributed by atoms with Crippen LogP contribution in [0.4, 0.5) is 4.39 Å². The molecule has 0 aliphatic rings. The third-order valence-electron chi connectivity index (χ3n) is 3.97. The van der Waals surface area contributed by atoms with Crippen molar-refractivity contribution in [1.29, 1.82) is 0 Å². The SMILES string of the molecule is O=C(O)CSc1nc2cc(-c3cncs3)ccc2c(=O)n1-c1ccc(F)cc1. The Morgan fingerprint density at radius 2 is 2.00 bits per heavy atom. The lowest BCUT2D eigenvalue weighted by molar-refractivity contribution is -0.133. The number of aromatic nitrogens is 3. The van der Waals surface area contributed by atoms with Gasteiger partial charge < -0.3 is 5.11 Å². The Labute approximate surface area is 166 Å². The Kier molecular flexibility index (Phi) is 4.93. The summed E-state index contributed by atoms with van der Waals surface area (Å²) < 4.78 is 14.6. The Bertz CT molecular complexity index is 1220. The van der Waals surface area contributed by atoms with Crippen molar-refractivity contribution in [1.82, 2.24) is 14.5 Å². The Balaban J connectivity index is 1.93. The summed E-state index contributed by atoms with van der Waals surface area (Å²) >= 11 is 2.40. The van der Waals surface area contributed by atoms with Crippen LogP contribution in [0.25, 0.3) is 27.0 Å². The second kappa shape index (κ2) is 7.53. The Morgan fingerprint density at radius 3 is 2.68 bits per heavy atom. The van der Waals surface area contributed by atoms with Crippen LogP contribution in [-0.2, 0) is 4.79 Å². The fourth-order valence-electron chi connectivity index (χ4n) is 2.72. The number of halogens is 1. The van der Waals surface area contributed by atoms with Crippen LogP contribution in [0.2, 0.25) is 0 Å². The largest absolute Gasteiger partial charge is 0.481 e. The monoisotopic (exact) mass is 413 g/mol. The van der Waals surface area contributed by atoms with Crippen LogP contribution >= 0.6 is 23.1 Å². The van der Waals surface area contributed by atoms with Crippen LogP contribution in [0.5, 0.6) is 0 Å². The van der Waals surface area contributed by atoms with Gasteiger partial charge >= 0.3 is 5.97 Å². The highest BCUT2D eigenvalue weighted by Gasteiger charge is 2.15. The van der Waals surface area contributed by atoms with Gasteiger partial charge in [-0.05, 0) is 42.0 Å². The van der Waals surface area contributed by atoms with E-state index in [1.807, 2.05) is 6.07 Å². The molecule has 0 aliphatic carbocycles. The molecule has 0 bridgehead atoms. The van der Waals surface area contributed by atoms with Crippen molar-refractivity contribution in [3.63, 3.8) is 0 Å². The molecule has 2 aromatic carbocycles. The van der Waals surface area contributed by atoms with Gasteiger partial charge in [-0.2, -0.15) is 0 Å². The van der Waals surface area contributed by atoms with E-state index in [0.29, 0.717) is 16.6 Å². The van der Waals surface area contributed by atoms with E-state index in [-0.39, 0.29) is 16.5 Å². The van der Waals surface area contributed by atoms with Gasteiger partial charge in [0.15, 0.2) is 5.16 Å². The van der Waals surface area contributed by atoms with Crippen molar-refractivity contribution in [3.05, 3.63) is 70.3 Å². The Hall–Kier alpha value is -3.04. The molecule has 2 heterocycles. The number of fused-ring (bicyclic) bond motifs is 1. The van der Waals surface area contributed by atoms with Gasteiger partial charge in [-0.1, -0.05) is 17.8 Å². The summed E-state index contributed by atoms with van der Waals surface area (Å²) in [7, 11) is 0. The number of rotatable bonds is 5. The summed E-state index contributed by atoms with van der Waals surface area (Å²) in [4.78, 5) is 33.7. The molecule has 4 rings (SSSR count). The molecule has 0 spiro atoms. The van der Waals surface area contributed by atoms with Crippen molar-refractivity contribution in [2.45, 2.75) is 5.16 Å². The number of carboxylic acid groups (broad SMARTS) is 1. The van der Waals surface area contributed by atoms with Gasteiger partial charge in [-0.3, -0.25) is 19.1 Å². The molecule has 0 radical (unpaired) electrons. The van der Waals surface area contributed by atoms with Crippen LogP contribution in [0.15, 0.2) is 64.1 Å². The van der Waals surface area contributed by atoms with Gasteiger partial charge in [0.05, 0.1) is 32.7 Å². The highest BCUT2D eigenvalue weighted by molar-refractivity contribution is 7.99. The summed E-state index contributed by atoms with van der Waals surface area (Å²) in [5.74, 6) is -1.71. The molecule has 9 heteroatoms. The summed E-state index contributed by atoms with van der Waals surface area (Å²) in [6.45, 7) is 0. The van der Waals surface area contributed by atoms with Crippen LogP contribution in [0, 0.1) is 5.82 Å². The minimum absolute atomic E-state index is 0.230. The number of benzene rings is 2. The fraction of sp³-hybridized carbons (Fsp3) is 0.0526. The first-order valence-corrected chi connectivity index (χ1v) is 9.95. The molecule has 2 aromatic heterocycles. The van der Waals surface area contributed by atoms with Gasteiger partial charge in [-0.25, -0.2) is 9.37 Å². The molecule has 6 nitrogen and oxygen atoms in total. The number of nitrogens with zero attached hydrogens (tertiary/aromatic N) is 3. The first kappa shape index (κ1) is 18.3. The molecular weight excluding hydrogens is 401 g/mol. The predicted molar refractivity (Wildman–Crippen MR) is 107 cm³/mol. The molecule has 0 saturated carbocycles. The highest BCUT2D eigenvalue weighted by Crippen LogP contribution is 2.27. The first-order chi connectivity index (χ1) is 13.5. The minimum Gasteiger partial charge on any atom is -0.481 e. The zero-order valence-corrected chi connectivity index (χ0v) is 15.8. The second-order valence-electron chi connectivity index (χ2n) is 5.79. The van der Waals surface area contributed by atoms with E-state index < -0.39 is 11.8 Å². The maximum atomic E-state index is 13.3. The third-order valence-corrected chi connectivity index (χ3v) is 5.71. The third kappa shape index (κ3) is 3.54. The minimum atomic E-state index is -1.02. The molecule has 0 fully saturated rings. The van der Waals surface area contributed by atoms with Crippen molar-refractivity contribution in [3.8, 4) is 16.1 Å². The van der Waals surface area contributed by atoms with Gasteiger partial charge in [0.2, 0.25) is 0 Å². The van der Waals surface area contributed by atoms with Crippen LogP contribution < -0.4 is 5.56 Å². The van der Waals surface area contributed by atoms with Crippen LogP contribution in [0.1, 0.15) is 0 Å². The summed E-state index contributed by atoms with van der Waals surface area (Å²) in [5.41, 5.74) is 3.12. The van der Waals surface area contributed by atoms with E-state index in [4.69, 9.17) is 5.11 Å². The van der Waals surface area contributed by atoms with Gasteiger partial charge in [0.25, 0.3) is 5.56 Å².